The monoisotopic (exact) mass is 434 g/mol. The Bertz CT molecular complexity index is 841. The SMILES string of the molecule is COc1cc(/C=N\NC(=O)c2cccnc2)cc(Br)c1OCC(=O)N(C)C. The molecule has 142 valence electrons. The average Bonchev–Trinajstić information content (AvgIpc) is 2.66. The molecule has 2 amide bonds. The molecule has 0 aliphatic carbocycles. The van der Waals surface area contributed by atoms with Gasteiger partial charge < -0.3 is 14.4 Å². The number of methoxy groups -OCH3 is 1. The van der Waals surface area contributed by atoms with Crippen LogP contribution in [0, 0.1) is 0 Å². The first-order chi connectivity index (χ1) is 12.9. The molecule has 2 aromatic rings. The topological polar surface area (TPSA) is 93.1 Å². The van der Waals surface area contributed by atoms with Crippen LogP contribution in [-0.2, 0) is 4.79 Å². The van der Waals surface area contributed by atoms with Crippen molar-refractivity contribution in [2.45, 2.75) is 0 Å². The molecule has 1 aromatic carbocycles. The van der Waals surface area contributed by atoms with Gasteiger partial charge in [0.1, 0.15) is 0 Å². The smallest absolute Gasteiger partial charge is 0.272 e. The Labute approximate surface area is 165 Å². The predicted molar refractivity (Wildman–Crippen MR) is 104 cm³/mol. The molecule has 0 saturated heterocycles. The van der Waals surface area contributed by atoms with Crippen molar-refractivity contribution in [1.29, 1.82) is 0 Å². The first-order valence-electron chi connectivity index (χ1n) is 7.86. The van der Waals surface area contributed by atoms with Gasteiger partial charge in [-0.05, 0) is 45.8 Å². The Morgan fingerprint density at radius 3 is 2.78 bits per heavy atom. The number of hydrogen-bond donors (Lipinski definition) is 1. The van der Waals surface area contributed by atoms with Crippen molar-refractivity contribution in [2.24, 2.45) is 5.10 Å². The van der Waals surface area contributed by atoms with Crippen LogP contribution >= 0.6 is 15.9 Å². The van der Waals surface area contributed by atoms with E-state index >= 15 is 0 Å². The molecule has 0 aliphatic heterocycles. The maximum Gasteiger partial charge on any atom is 0.272 e. The molecule has 2 rings (SSSR count). The van der Waals surface area contributed by atoms with Crippen LogP contribution in [0.3, 0.4) is 0 Å². The molecule has 8 nitrogen and oxygen atoms in total. The highest BCUT2D eigenvalue weighted by molar-refractivity contribution is 9.10. The van der Waals surface area contributed by atoms with Gasteiger partial charge in [0.2, 0.25) is 0 Å². The van der Waals surface area contributed by atoms with E-state index in [-0.39, 0.29) is 18.4 Å². The van der Waals surface area contributed by atoms with Crippen molar-refractivity contribution >= 4 is 34.0 Å². The summed E-state index contributed by atoms with van der Waals surface area (Å²) in [5.41, 5.74) is 3.49. The number of amides is 2. The standard InChI is InChI=1S/C18H19BrN4O4/c1-23(2)16(24)11-27-17-14(19)7-12(8-15(17)26-3)9-21-22-18(25)13-5-4-6-20-10-13/h4-10H,11H2,1-3H3,(H,22,25)/b21-9-. The van der Waals surface area contributed by atoms with Gasteiger partial charge in [0, 0.05) is 26.5 Å². The third kappa shape index (κ3) is 5.78. The first kappa shape index (κ1) is 20.4. The van der Waals surface area contributed by atoms with Crippen molar-refractivity contribution in [3.05, 3.63) is 52.3 Å². The Morgan fingerprint density at radius 1 is 1.37 bits per heavy atom. The summed E-state index contributed by atoms with van der Waals surface area (Å²) in [5.74, 6) is 0.292. The molecule has 0 bridgehead atoms. The number of ether oxygens (including phenoxy) is 2. The number of halogens is 1. The van der Waals surface area contributed by atoms with Gasteiger partial charge >= 0.3 is 0 Å². The van der Waals surface area contributed by atoms with Crippen molar-refractivity contribution in [2.75, 3.05) is 27.8 Å². The fourth-order valence-corrected chi connectivity index (χ4v) is 2.52. The summed E-state index contributed by atoms with van der Waals surface area (Å²) in [4.78, 5) is 28.9. The zero-order chi connectivity index (χ0) is 19.8. The minimum atomic E-state index is -0.368. The summed E-state index contributed by atoms with van der Waals surface area (Å²) >= 11 is 3.40. The second-order valence-corrected chi connectivity index (χ2v) is 6.41. The van der Waals surface area contributed by atoms with E-state index in [1.54, 1.807) is 44.6 Å². The largest absolute Gasteiger partial charge is 0.493 e. The van der Waals surface area contributed by atoms with Gasteiger partial charge in [-0.2, -0.15) is 5.10 Å². The van der Waals surface area contributed by atoms with Gasteiger partial charge in [-0.3, -0.25) is 14.6 Å². The zero-order valence-electron chi connectivity index (χ0n) is 15.1. The fraction of sp³-hybridized carbons (Fsp3) is 0.222. The highest BCUT2D eigenvalue weighted by Crippen LogP contribution is 2.36. The van der Waals surface area contributed by atoms with E-state index in [0.717, 1.165) is 0 Å². The van der Waals surface area contributed by atoms with E-state index in [2.05, 4.69) is 31.4 Å². The Hall–Kier alpha value is -2.94. The number of rotatable bonds is 7. The number of likely N-dealkylation sites (N-methyl/N-ethyl adjacent to an activating group) is 1. The quantitative estimate of drug-likeness (QED) is 0.531. The van der Waals surface area contributed by atoms with E-state index < -0.39 is 0 Å². The highest BCUT2D eigenvalue weighted by atomic mass is 79.9. The molecule has 9 heteroatoms. The molecule has 0 saturated carbocycles. The molecule has 0 fully saturated rings. The van der Waals surface area contributed by atoms with Crippen molar-refractivity contribution in [1.82, 2.24) is 15.3 Å². The van der Waals surface area contributed by atoms with Gasteiger partial charge in [-0.15, -0.1) is 0 Å². The molecule has 0 unspecified atom stereocenters. The summed E-state index contributed by atoms with van der Waals surface area (Å²) < 4.78 is 11.5. The van der Waals surface area contributed by atoms with Crippen LogP contribution < -0.4 is 14.9 Å². The number of nitrogens with one attached hydrogen (secondary N) is 1. The van der Waals surface area contributed by atoms with Crippen LogP contribution in [0.1, 0.15) is 15.9 Å². The summed E-state index contributed by atoms with van der Waals surface area (Å²) in [6.07, 6.45) is 4.50. The number of nitrogens with zero attached hydrogens (tertiary/aromatic N) is 3. The molecule has 0 radical (unpaired) electrons. The average molecular weight is 435 g/mol. The summed E-state index contributed by atoms with van der Waals surface area (Å²) in [6.45, 7) is -0.115. The van der Waals surface area contributed by atoms with Crippen molar-refractivity contribution in [3.63, 3.8) is 0 Å². The molecule has 27 heavy (non-hydrogen) atoms. The maximum atomic E-state index is 11.9. The lowest BCUT2D eigenvalue weighted by Crippen LogP contribution is -2.27. The Balaban J connectivity index is 2.08. The summed E-state index contributed by atoms with van der Waals surface area (Å²) in [5, 5.41) is 3.93. The van der Waals surface area contributed by atoms with Crippen LogP contribution in [0.5, 0.6) is 11.5 Å². The summed E-state index contributed by atoms with van der Waals surface area (Å²) in [6, 6.07) is 6.72. The lowest BCUT2D eigenvalue weighted by atomic mass is 10.2. The second kappa shape index (κ2) is 9.67. The third-order valence-electron chi connectivity index (χ3n) is 3.39. The van der Waals surface area contributed by atoms with Gasteiger partial charge in [0.15, 0.2) is 18.1 Å². The molecule has 1 N–H and O–H groups in total. The number of aromatic nitrogens is 1. The van der Waals surface area contributed by atoms with Crippen molar-refractivity contribution in [3.8, 4) is 11.5 Å². The molecule has 0 spiro atoms. The molecule has 1 aromatic heterocycles. The maximum absolute atomic E-state index is 11.9. The molecule has 0 atom stereocenters. The number of carbonyl (C=O) groups is 2. The first-order valence-corrected chi connectivity index (χ1v) is 8.65. The number of hydrazone groups is 1. The highest BCUT2D eigenvalue weighted by Gasteiger charge is 2.14. The van der Waals surface area contributed by atoms with E-state index in [1.807, 2.05) is 0 Å². The van der Waals surface area contributed by atoms with Gasteiger partial charge in [-0.25, -0.2) is 5.43 Å². The van der Waals surface area contributed by atoms with Crippen LogP contribution in [0.4, 0.5) is 0 Å². The lowest BCUT2D eigenvalue weighted by molar-refractivity contribution is -0.130. The minimum Gasteiger partial charge on any atom is -0.493 e. The Morgan fingerprint density at radius 2 is 2.15 bits per heavy atom. The van der Waals surface area contributed by atoms with Gasteiger partial charge in [0.25, 0.3) is 11.8 Å². The molecule has 1 heterocycles. The minimum absolute atomic E-state index is 0.115. The third-order valence-corrected chi connectivity index (χ3v) is 3.98. The molecular formula is C18H19BrN4O4. The lowest BCUT2D eigenvalue weighted by Gasteiger charge is -2.15. The van der Waals surface area contributed by atoms with E-state index in [0.29, 0.717) is 27.1 Å². The zero-order valence-corrected chi connectivity index (χ0v) is 16.7. The van der Waals surface area contributed by atoms with Crippen LogP contribution in [-0.4, -0.2) is 55.7 Å². The van der Waals surface area contributed by atoms with Gasteiger partial charge in [0.05, 0.1) is 23.4 Å². The Kier molecular flexibility index (Phi) is 7.30. The predicted octanol–water partition coefficient (Wildman–Crippen LogP) is 2.08. The second-order valence-electron chi connectivity index (χ2n) is 5.55. The van der Waals surface area contributed by atoms with Crippen LogP contribution in [0.15, 0.2) is 46.2 Å². The normalized spacial score (nSPS) is 10.5. The number of benzene rings is 1. The number of carbonyl (C=O) groups excluding carboxylic acids is 2. The number of hydrogen-bond acceptors (Lipinski definition) is 6. The molecule has 0 aliphatic rings. The molecular weight excluding hydrogens is 416 g/mol. The number of pyridine rings is 1. The van der Waals surface area contributed by atoms with Crippen molar-refractivity contribution < 1.29 is 19.1 Å². The summed E-state index contributed by atoms with van der Waals surface area (Å²) in [7, 11) is 4.79. The van der Waals surface area contributed by atoms with E-state index in [4.69, 9.17) is 9.47 Å². The van der Waals surface area contributed by atoms with Gasteiger partial charge in [-0.1, -0.05) is 0 Å². The fourth-order valence-electron chi connectivity index (χ4n) is 1.94. The van der Waals surface area contributed by atoms with Crippen LogP contribution in [0.2, 0.25) is 0 Å². The van der Waals surface area contributed by atoms with E-state index in [9.17, 15) is 9.59 Å². The van der Waals surface area contributed by atoms with Crippen LogP contribution in [0.25, 0.3) is 0 Å². The van der Waals surface area contributed by atoms with E-state index in [1.165, 1.54) is 24.4 Å².